The Morgan fingerprint density at radius 2 is 0.735 bits per heavy atom. The molecule has 330 valence electrons. The summed E-state index contributed by atoms with van der Waals surface area (Å²) in [4.78, 5) is 0. The SMILES string of the molecule is Fc1cccc(F)c1-c1cc(-n2c3cc(=C4C=CC=CC4)ccc3c3ccc(=C4C=CC=CC4)cc32)c(C(F)(F)F)cc1-n1c2cc(=C3C=CC=CC3)ccc2c2ccc(=C3C=CC=CC3)cc21. The van der Waals surface area contributed by atoms with Crippen LogP contribution in [0, 0.1) is 11.6 Å². The molecule has 6 aromatic carbocycles. The smallest absolute Gasteiger partial charge is 0.309 e. The van der Waals surface area contributed by atoms with E-state index < -0.39 is 28.9 Å². The van der Waals surface area contributed by atoms with Crippen LogP contribution in [0.25, 0.3) is 88.4 Å². The summed E-state index contributed by atoms with van der Waals surface area (Å²) in [5, 5.41) is 6.60. The summed E-state index contributed by atoms with van der Waals surface area (Å²) >= 11 is 0. The number of alkyl halides is 3. The van der Waals surface area contributed by atoms with Gasteiger partial charge in [-0.1, -0.05) is 152 Å². The van der Waals surface area contributed by atoms with Crippen LogP contribution in [0.1, 0.15) is 31.2 Å². The van der Waals surface area contributed by atoms with Gasteiger partial charge in [-0.05, 0) is 117 Å². The maximum Gasteiger partial charge on any atom is 0.418 e. The van der Waals surface area contributed by atoms with E-state index in [2.05, 4.69) is 12.2 Å². The zero-order chi connectivity index (χ0) is 46.1. The van der Waals surface area contributed by atoms with Crippen molar-refractivity contribution in [2.24, 2.45) is 0 Å². The van der Waals surface area contributed by atoms with E-state index in [0.717, 1.165) is 82.9 Å². The van der Waals surface area contributed by atoms with E-state index in [9.17, 15) is 0 Å². The molecule has 4 aliphatic rings. The number of halogens is 5. The summed E-state index contributed by atoms with van der Waals surface area (Å²) in [6, 6.07) is 29.9. The number of hydrogen-bond acceptors (Lipinski definition) is 0. The van der Waals surface area contributed by atoms with Crippen LogP contribution in [0.5, 0.6) is 0 Å². The molecule has 0 bridgehead atoms. The highest BCUT2D eigenvalue weighted by atomic mass is 19.4. The first-order chi connectivity index (χ1) is 33.2. The molecule has 0 saturated carbocycles. The second-order valence-corrected chi connectivity index (χ2v) is 17.6. The van der Waals surface area contributed by atoms with Crippen LogP contribution in [0.4, 0.5) is 22.0 Å². The molecule has 7 heteroatoms. The summed E-state index contributed by atoms with van der Waals surface area (Å²) in [6.07, 6.45) is 29.8. The van der Waals surface area contributed by atoms with Crippen LogP contribution in [-0.4, -0.2) is 9.13 Å². The molecular weight excluding hydrogens is 856 g/mol. The van der Waals surface area contributed by atoms with Crippen LogP contribution in [0.15, 0.2) is 200 Å². The van der Waals surface area contributed by atoms with E-state index in [0.29, 0.717) is 47.8 Å². The predicted molar refractivity (Wildman–Crippen MR) is 269 cm³/mol. The van der Waals surface area contributed by atoms with Crippen molar-refractivity contribution in [2.75, 3.05) is 0 Å². The van der Waals surface area contributed by atoms with Gasteiger partial charge in [0.1, 0.15) is 11.6 Å². The molecule has 8 aromatic rings. The molecule has 0 N–H and O–H groups in total. The minimum atomic E-state index is -4.93. The van der Waals surface area contributed by atoms with Crippen LogP contribution in [-0.2, 0) is 6.18 Å². The van der Waals surface area contributed by atoms with Gasteiger partial charge in [-0.15, -0.1) is 0 Å². The molecule has 2 nitrogen and oxygen atoms in total. The Labute approximate surface area is 388 Å². The van der Waals surface area contributed by atoms with Crippen LogP contribution >= 0.6 is 0 Å². The molecule has 0 atom stereocenters. The zero-order valence-corrected chi connectivity index (χ0v) is 36.7. The highest BCUT2D eigenvalue weighted by Crippen LogP contribution is 2.45. The third-order valence-corrected chi connectivity index (χ3v) is 13.7. The van der Waals surface area contributed by atoms with Crippen LogP contribution in [0.3, 0.4) is 0 Å². The van der Waals surface area contributed by atoms with E-state index in [4.69, 9.17) is 0 Å². The third-order valence-electron chi connectivity index (χ3n) is 13.7. The van der Waals surface area contributed by atoms with Gasteiger partial charge in [0.2, 0.25) is 0 Å². The standard InChI is InChI=1S/C61H41F5N2/c62-52-22-13-23-53(63)60(52)50-36-59(68-56-34-44(40-18-9-3-10-19-40)26-30-48(56)49-31-27-45(35-57(49)68)41-20-11-4-12-21-41)51(61(64,65)66)37-58(50)67-54-32-42(38-14-5-1-6-15-38)24-28-46(54)47-29-25-43(33-55(47)67)39-16-7-2-8-17-39/h1-14,16,18,20,22-37H,15,17,19,21H2. The van der Waals surface area contributed by atoms with Gasteiger partial charge in [-0.25, -0.2) is 8.78 Å². The van der Waals surface area contributed by atoms with E-state index in [1.807, 2.05) is 158 Å². The van der Waals surface area contributed by atoms with Gasteiger partial charge in [-0.3, -0.25) is 0 Å². The van der Waals surface area contributed by atoms with Crippen molar-refractivity contribution in [1.29, 1.82) is 0 Å². The summed E-state index contributed by atoms with van der Waals surface area (Å²) in [6.45, 7) is 0. The second kappa shape index (κ2) is 16.4. The largest absolute Gasteiger partial charge is 0.418 e. The lowest BCUT2D eigenvalue weighted by molar-refractivity contribution is -0.137. The Kier molecular flexibility index (Phi) is 9.98. The topological polar surface area (TPSA) is 9.86 Å². The summed E-state index contributed by atoms with van der Waals surface area (Å²) < 4.78 is 86.3. The van der Waals surface area contributed by atoms with Crippen molar-refractivity contribution in [3.63, 3.8) is 0 Å². The molecule has 0 unspecified atom stereocenters. The summed E-state index contributed by atoms with van der Waals surface area (Å²) in [5.41, 5.74) is 4.77. The van der Waals surface area contributed by atoms with Crippen molar-refractivity contribution < 1.29 is 22.0 Å². The molecule has 0 saturated heterocycles. The Hall–Kier alpha value is -8.03. The van der Waals surface area contributed by atoms with Gasteiger partial charge in [0.05, 0.1) is 44.6 Å². The minimum absolute atomic E-state index is 0.000874. The van der Waals surface area contributed by atoms with Crippen LogP contribution in [0.2, 0.25) is 0 Å². The Bertz CT molecular complexity index is 3800. The first-order valence-electron chi connectivity index (χ1n) is 22.8. The van der Waals surface area contributed by atoms with E-state index in [-0.39, 0.29) is 16.9 Å². The van der Waals surface area contributed by atoms with Crippen molar-refractivity contribution in [1.82, 2.24) is 9.13 Å². The molecule has 0 radical (unpaired) electrons. The number of rotatable bonds is 3. The number of nitrogens with zero attached hydrogens (tertiary/aromatic N) is 2. The van der Waals surface area contributed by atoms with E-state index in [1.54, 1.807) is 9.13 Å². The molecule has 68 heavy (non-hydrogen) atoms. The van der Waals surface area contributed by atoms with Crippen molar-refractivity contribution in [2.45, 2.75) is 31.9 Å². The maximum atomic E-state index is 16.7. The van der Waals surface area contributed by atoms with Gasteiger partial charge in [0, 0.05) is 27.1 Å². The number of benzene rings is 6. The number of aromatic nitrogens is 2. The van der Waals surface area contributed by atoms with Gasteiger partial charge in [-0.2, -0.15) is 13.2 Å². The molecule has 0 fully saturated rings. The van der Waals surface area contributed by atoms with Gasteiger partial charge < -0.3 is 9.13 Å². The monoisotopic (exact) mass is 896 g/mol. The Morgan fingerprint density at radius 1 is 0.382 bits per heavy atom. The highest BCUT2D eigenvalue weighted by molar-refractivity contribution is 6.11. The zero-order valence-electron chi connectivity index (χ0n) is 36.7. The average Bonchev–Trinajstić information content (AvgIpc) is 3.88. The molecule has 12 rings (SSSR count). The van der Waals surface area contributed by atoms with Gasteiger partial charge in [0.15, 0.2) is 0 Å². The first kappa shape index (κ1) is 41.4. The molecule has 2 heterocycles. The Balaban J connectivity index is 1.26. The number of allylic oxidation sites excluding steroid dienone is 16. The average molecular weight is 897 g/mol. The Morgan fingerprint density at radius 3 is 1.06 bits per heavy atom. The molecule has 0 spiro atoms. The first-order valence-corrected chi connectivity index (χ1v) is 22.8. The minimum Gasteiger partial charge on any atom is -0.309 e. The predicted octanol–water partition coefficient (Wildman–Crippen LogP) is 13.5. The quantitative estimate of drug-likeness (QED) is 0.156. The number of fused-ring (bicyclic) bond motifs is 6. The van der Waals surface area contributed by atoms with E-state index >= 15 is 22.0 Å². The molecular formula is C61H41F5N2. The van der Waals surface area contributed by atoms with E-state index in [1.165, 1.54) is 12.1 Å². The molecule has 0 amide bonds. The fourth-order valence-electron chi connectivity index (χ4n) is 10.4. The molecule has 0 aliphatic heterocycles. The van der Waals surface area contributed by atoms with Gasteiger partial charge in [0.25, 0.3) is 0 Å². The lowest BCUT2D eigenvalue weighted by atomic mass is 9.97. The fourth-order valence-corrected chi connectivity index (χ4v) is 10.4. The number of hydrogen-bond donors (Lipinski definition) is 0. The van der Waals surface area contributed by atoms with Crippen molar-refractivity contribution in [3.05, 3.63) is 238 Å². The lowest BCUT2D eigenvalue weighted by Crippen LogP contribution is -2.15. The molecule has 2 aromatic heterocycles. The lowest BCUT2D eigenvalue weighted by Gasteiger charge is -2.22. The molecule has 4 aliphatic carbocycles. The van der Waals surface area contributed by atoms with Crippen molar-refractivity contribution >= 4 is 65.9 Å². The summed E-state index contributed by atoms with van der Waals surface area (Å²) in [7, 11) is 0. The third kappa shape index (κ3) is 7.00. The summed E-state index contributed by atoms with van der Waals surface area (Å²) in [5.74, 6) is -1.78. The second-order valence-electron chi connectivity index (χ2n) is 17.6. The van der Waals surface area contributed by atoms with Gasteiger partial charge >= 0.3 is 6.18 Å². The van der Waals surface area contributed by atoms with Crippen molar-refractivity contribution in [3.8, 4) is 22.5 Å². The normalized spacial score (nSPS) is 19.0. The highest BCUT2D eigenvalue weighted by Gasteiger charge is 2.37. The fraction of sp³-hybridized carbons (Fsp3) is 0.0820. The maximum absolute atomic E-state index is 16.7. The van der Waals surface area contributed by atoms with Crippen LogP contribution < -0.4 is 20.9 Å².